The van der Waals surface area contributed by atoms with Crippen LogP contribution in [0.25, 0.3) is 5.69 Å². The van der Waals surface area contributed by atoms with Gasteiger partial charge < -0.3 is 14.8 Å². The number of hydrogen-bond donors (Lipinski definition) is 1. The van der Waals surface area contributed by atoms with Crippen molar-refractivity contribution in [2.45, 2.75) is 19.8 Å². The van der Waals surface area contributed by atoms with Crippen LogP contribution in [0.2, 0.25) is 0 Å². The van der Waals surface area contributed by atoms with Gasteiger partial charge in [-0.25, -0.2) is 0 Å². The Morgan fingerprint density at radius 2 is 1.83 bits per heavy atom. The molecule has 0 atom stereocenters. The first kappa shape index (κ1) is 19.3. The zero-order valence-corrected chi connectivity index (χ0v) is 17.1. The van der Waals surface area contributed by atoms with Crippen LogP contribution in [0.4, 0.5) is 16.2 Å². The molecule has 0 unspecified atom stereocenters. The molecule has 1 N–H and O–H groups in total. The van der Waals surface area contributed by atoms with Gasteiger partial charge in [0.25, 0.3) is 5.24 Å². The highest BCUT2D eigenvalue weighted by atomic mass is 32.2. The molecule has 2 aromatic carbocycles. The van der Waals surface area contributed by atoms with E-state index in [0.717, 1.165) is 41.7 Å². The number of para-hydroxylation sites is 2. The molecule has 0 radical (unpaired) electrons. The van der Waals surface area contributed by atoms with Gasteiger partial charge in [0.15, 0.2) is 0 Å². The first-order valence-electron chi connectivity index (χ1n) is 9.68. The number of fused-ring (bicyclic) bond motifs is 1. The van der Waals surface area contributed by atoms with Gasteiger partial charge in [0.1, 0.15) is 0 Å². The quantitative estimate of drug-likeness (QED) is 0.662. The van der Waals surface area contributed by atoms with Crippen LogP contribution >= 0.6 is 11.8 Å². The summed E-state index contributed by atoms with van der Waals surface area (Å²) >= 11 is 1.05. The van der Waals surface area contributed by atoms with Gasteiger partial charge in [-0.05, 0) is 55.7 Å². The summed E-state index contributed by atoms with van der Waals surface area (Å²) in [5.41, 5.74) is 4.99. The van der Waals surface area contributed by atoms with Gasteiger partial charge in [0.05, 0.1) is 17.1 Å². The molecule has 2 amide bonds. The van der Waals surface area contributed by atoms with E-state index in [-0.39, 0.29) is 16.9 Å². The van der Waals surface area contributed by atoms with Gasteiger partial charge >= 0.3 is 0 Å². The molecule has 4 rings (SSSR count). The fourth-order valence-electron chi connectivity index (χ4n) is 3.61. The minimum absolute atomic E-state index is 0.0799. The number of nitrogens with one attached hydrogen (secondary N) is 1. The molecule has 1 aliphatic heterocycles. The van der Waals surface area contributed by atoms with Gasteiger partial charge in [-0.2, -0.15) is 0 Å². The van der Waals surface area contributed by atoms with E-state index >= 15 is 0 Å². The zero-order valence-electron chi connectivity index (χ0n) is 16.3. The van der Waals surface area contributed by atoms with E-state index in [1.54, 1.807) is 4.90 Å². The molecule has 29 heavy (non-hydrogen) atoms. The number of aromatic nitrogens is 1. The van der Waals surface area contributed by atoms with Crippen molar-refractivity contribution in [3.8, 4) is 5.69 Å². The summed E-state index contributed by atoms with van der Waals surface area (Å²) in [5.74, 6) is -0.111. The van der Waals surface area contributed by atoms with Crippen LogP contribution in [0.15, 0.2) is 67.0 Å². The molecule has 6 heteroatoms. The normalized spacial score (nSPS) is 13.1. The maximum Gasteiger partial charge on any atom is 0.286 e. The highest BCUT2D eigenvalue weighted by Crippen LogP contribution is 2.30. The lowest BCUT2D eigenvalue weighted by Crippen LogP contribution is -2.33. The standard InChI is InChI=1S/C23H23N3O2S/c1-17-10-11-20-18(15-17)7-6-14-26(20)23(28)29-16-22(27)24-19-8-2-3-9-21(19)25-12-4-5-13-25/h2-5,8-13,15H,6-7,14,16H2,1H3,(H,24,27). The molecule has 5 nitrogen and oxygen atoms in total. The molecule has 2 heterocycles. The van der Waals surface area contributed by atoms with E-state index in [1.165, 1.54) is 11.1 Å². The van der Waals surface area contributed by atoms with Crippen LogP contribution in [-0.4, -0.2) is 28.0 Å². The molecule has 0 spiro atoms. The summed E-state index contributed by atoms with van der Waals surface area (Å²) in [7, 11) is 0. The smallest absolute Gasteiger partial charge is 0.286 e. The van der Waals surface area contributed by atoms with E-state index in [0.29, 0.717) is 6.54 Å². The molecule has 0 bridgehead atoms. The number of carbonyl (C=O) groups excluding carboxylic acids is 2. The van der Waals surface area contributed by atoms with E-state index in [2.05, 4.69) is 18.3 Å². The number of thioether (sulfide) groups is 1. The second-order valence-electron chi connectivity index (χ2n) is 7.10. The predicted octanol–water partition coefficient (Wildman–Crippen LogP) is 5.03. The van der Waals surface area contributed by atoms with Crippen LogP contribution in [0.5, 0.6) is 0 Å². The monoisotopic (exact) mass is 405 g/mol. The number of anilines is 2. The lowest BCUT2D eigenvalue weighted by molar-refractivity contribution is -0.113. The molecule has 0 saturated heterocycles. The Morgan fingerprint density at radius 3 is 2.66 bits per heavy atom. The summed E-state index contributed by atoms with van der Waals surface area (Å²) in [6.07, 6.45) is 5.79. The highest BCUT2D eigenvalue weighted by molar-refractivity contribution is 8.14. The number of nitrogens with zero attached hydrogens (tertiary/aromatic N) is 2. The van der Waals surface area contributed by atoms with Gasteiger partial charge in [0.2, 0.25) is 5.91 Å². The second kappa shape index (κ2) is 8.57. The van der Waals surface area contributed by atoms with Crippen LogP contribution in [-0.2, 0) is 11.2 Å². The van der Waals surface area contributed by atoms with E-state index in [9.17, 15) is 9.59 Å². The minimum atomic E-state index is -0.191. The van der Waals surface area contributed by atoms with Crippen molar-refractivity contribution >= 4 is 34.3 Å². The fourth-order valence-corrected chi connectivity index (χ4v) is 4.28. The van der Waals surface area contributed by atoms with Crippen molar-refractivity contribution in [2.75, 3.05) is 22.5 Å². The third-order valence-corrected chi connectivity index (χ3v) is 5.84. The Labute approximate surface area is 174 Å². The lowest BCUT2D eigenvalue weighted by Gasteiger charge is -2.29. The number of hydrogen-bond acceptors (Lipinski definition) is 3. The van der Waals surface area contributed by atoms with Crippen LogP contribution < -0.4 is 10.2 Å². The van der Waals surface area contributed by atoms with Crippen molar-refractivity contribution in [2.24, 2.45) is 0 Å². The van der Waals surface area contributed by atoms with Gasteiger partial charge in [-0.3, -0.25) is 9.59 Å². The Hall–Kier alpha value is -2.99. The van der Waals surface area contributed by atoms with Crippen molar-refractivity contribution in [3.63, 3.8) is 0 Å². The van der Waals surface area contributed by atoms with E-state index in [1.807, 2.05) is 65.5 Å². The van der Waals surface area contributed by atoms with Gasteiger partial charge in [-0.1, -0.05) is 41.6 Å². The van der Waals surface area contributed by atoms with Crippen molar-refractivity contribution in [3.05, 3.63) is 78.1 Å². The maximum atomic E-state index is 12.8. The SMILES string of the molecule is Cc1ccc2c(c1)CCCN2C(=O)SCC(=O)Nc1ccccc1-n1cccc1. The second-order valence-corrected chi connectivity index (χ2v) is 8.02. The lowest BCUT2D eigenvalue weighted by atomic mass is 10.0. The van der Waals surface area contributed by atoms with Crippen LogP contribution in [0, 0.1) is 6.92 Å². The fraction of sp³-hybridized carbons (Fsp3) is 0.217. The summed E-state index contributed by atoms with van der Waals surface area (Å²) in [5, 5.41) is 2.85. The number of rotatable bonds is 4. The molecular weight excluding hydrogens is 382 g/mol. The van der Waals surface area contributed by atoms with Gasteiger partial charge in [-0.15, -0.1) is 0 Å². The van der Waals surface area contributed by atoms with Crippen molar-refractivity contribution in [1.29, 1.82) is 0 Å². The summed E-state index contributed by atoms with van der Waals surface area (Å²) in [4.78, 5) is 27.1. The number of amides is 2. The average Bonchev–Trinajstić information content (AvgIpc) is 3.26. The Bertz CT molecular complexity index is 1030. The molecule has 0 saturated carbocycles. The first-order valence-corrected chi connectivity index (χ1v) is 10.7. The summed E-state index contributed by atoms with van der Waals surface area (Å²) < 4.78 is 1.94. The topological polar surface area (TPSA) is 54.3 Å². The molecule has 3 aromatic rings. The van der Waals surface area contributed by atoms with E-state index in [4.69, 9.17) is 0 Å². The molecule has 1 aromatic heterocycles. The summed E-state index contributed by atoms with van der Waals surface area (Å²) in [6.45, 7) is 2.76. The molecular formula is C23H23N3O2S. The van der Waals surface area contributed by atoms with Gasteiger partial charge in [0, 0.05) is 24.6 Å². The Morgan fingerprint density at radius 1 is 1.03 bits per heavy atom. The number of benzene rings is 2. The van der Waals surface area contributed by atoms with Crippen LogP contribution in [0.1, 0.15) is 17.5 Å². The highest BCUT2D eigenvalue weighted by Gasteiger charge is 2.23. The predicted molar refractivity (Wildman–Crippen MR) is 119 cm³/mol. The molecule has 0 fully saturated rings. The third kappa shape index (κ3) is 4.38. The summed E-state index contributed by atoms with van der Waals surface area (Å²) in [6, 6.07) is 17.7. The van der Waals surface area contributed by atoms with Crippen LogP contribution in [0.3, 0.4) is 0 Å². The Balaban J connectivity index is 1.40. The largest absolute Gasteiger partial charge is 0.324 e. The minimum Gasteiger partial charge on any atom is -0.324 e. The zero-order chi connectivity index (χ0) is 20.2. The Kier molecular flexibility index (Phi) is 5.71. The number of carbonyl (C=O) groups is 2. The average molecular weight is 406 g/mol. The molecule has 0 aliphatic carbocycles. The molecule has 1 aliphatic rings. The van der Waals surface area contributed by atoms with Crippen molar-refractivity contribution < 1.29 is 9.59 Å². The molecule has 148 valence electrons. The first-order chi connectivity index (χ1) is 14.1. The number of aryl methyl sites for hydroxylation is 2. The van der Waals surface area contributed by atoms with E-state index < -0.39 is 0 Å². The third-order valence-electron chi connectivity index (χ3n) is 4.96. The van der Waals surface area contributed by atoms with Crippen molar-refractivity contribution in [1.82, 2.24) is 4.57 Å². The maximum absolute atomic E-state index is 12.8.